The fraction of sp³-hybridized carbons (Fsp3) is 0.300. The number of benzene rings is 2. The molecule has 0 saturated heterocycles. The van der Waals surface area contributed by atoms with Crippen LogP contribution in [-0.2, 0) is 21.2 Å². The van der Waals surface area contributed by atoms with Crippen LogP contribution in [0.5, 0.6) is 0 Å². The Morgan fingerprint density at radius 2 is 1.93 bits per heavy atom. The number of aliphatic imine (C=N–C) groups is 1. The topological polar surface area (TPSA) is 87.6 Å². The summed E-state index contributed by atoms with van der Waals surface area (Å²) in [5.74, 6) is -0.585. The molecular formula is C20H22FN3O3S. The molecule has 0 spiro atoms. The maximum Gasteiger partial charge on any atom is 0.263 e. The first kappa shape index (κ1) is 20.0. The lowest BCUT2D eigenvalue weighted by Gasteiger charge is -2.17. The summed E-state index contributed by atoms with van der Waals surface area (Å²) in [5, 5.41) is 2.80. The van der Waals surface area contributed by atoms with Crippen LogP contribution < -0.4 is 10.0 Å². The van der Waals surface area contributed by atoms with Crippen molar-refractivity contribution in [2.75, 3.05) is 6.54 Å². The van der Waals surface area contributed by atoms with Gasteiger partial charge in [0.1, 0.15) is 17.7 Å². The summed E-state index contributed by atoms with van der Waals surface area (Å²) in [6, 6.07) is 12.0. The second kappa shape index (κ2) is 8.10. The molecule has 0 bridgehead atoms. The number of amides is 1. The number of amidine groups is 1. The molecule has 28 heavy (non-hydrogen) atoms. The van der Waals surface area contributed by atoms with Crippen LogP contribution >= 0.6 is 0 Å². The molecule has 1 atom stereocenters. The summed E-state index contributed by atoms with van der Waals surface area (Å²) < 4.78 is 40.1. The van der Waals surface area contributed by atoms with E-state index in [0.717, 1.165) is 5.56 Å². The average Bonchev–Trinajstić information content (AvgIpc) is 2.90. The number of carbonyl (C=O) groups is 1. The van der Waals surface area contributed by atoms with Gasteiger partial charge in [-0.25, -0.2) is 12.8 Å². The van der Waals surface area contributed by atoms with Gasteiger partial charge in [-0.1, -0.05) is 38.1 Å². The average molecular weight is 403 g/mol. The summed E-state index contributed by atoms with van der Waals surface area (Å²) in [7, 11) is -3.66. The molecule has 1 amide bonds. The van der Waals surface area contributed by atoms with E-state index in [2.05, 4.69) is 15.0 Å². The van der Waals surface area contributed by atoms with Gasteiger partial charge in [-0.05, 0) is 42.2 Å². The van der Waals surface area contributed by atoms with Crippen molar-refractivity contribution in [2.24, 2.45) is 10.9 Å². The summed E-state index contributed by atoms with van der Waals surface area (Å²) >= 11 is 0. The summed E-state index contributed by atoms with van der Waals surface area (Å²) in [5.41, 5.74) is 1.24. The van der Waals surface area contributed by atoms with E-state index in [1.165, 1.54) is 18.2 Å². The standard InChI is InChI=1S/C20H22FN3O3S/c1-13(2)18(20(25)22-11-10-14-6-5-7-15(21)12-14)23-19-16-8-3-4-9-17(16)28(26,27)24-19/h3-9,12-13,18H,10-11H2,1-2H3,(H,22,25)(H,23,24)/t18-/m0/s1. The van der Waals surface area contributed by atoms with E-state index in [1.807, 2.05) is 13.8 Å². The number of rotatable bonds is 6. The first-order valence-electron chi connectivity index (χ1n) is 9.00. The maximum absolute atomic E-state index is 13.2. The van der Waals surface area contributed by atoms with Gasteiger partial charge in [0.2, 0.25) is 5.91 Å². The van der Waals surface area contributed by atoms with Gasteiger partial charge in [-0.15, -0.1) is 0 Å². The summed E-state index contributed by atoms with van der Waals surface area (Å²) in [6.07, 6.45) is 0.486. The number of nitrogens with one attached hydrogen (secondary N) is 2. The lowest BCUT2D eigenvalue weighted by Crippen LogP contribution is -2.39. The van der Waals surface area contributed by atoms with Crippen molar-refractivity contribution in [2.45, 2.75) is 31.2 Å². The van der Waals surface area contributed by atoms with Crippen molar-refractivity contribution in [3.63, 3.8) is 0 Å². The zero-order chi connectivity index (χ0) is 20.3. The third kappa shape index (κ3) is 4.39. The first-order valence-corrected chi connectivity index (χ1v) is 10.5. The van der Waals surface area contributed by atoms with Crippen LogP contribution in [0.25, 0.3) is 0 Å². The van der Waals surface area contributed by atoms with Crippen molar-refractivity contribution >= 4 is 21.8 Å². The molecule has 0 aromatic heterocycles. The molecule has 1 aliphatic heterocycles. The zero-order valence-corrected chi connectivity index (χ0v) is 16.5. The molecule has 0 aliphatic carbocycles. The van der Waals surface area contributed by atoms with Gasteiger partial charge in [-0.2, -0.15) is 0 Å². The highest BCUT2D eigenvalue weighted by Crippen LogP contribution is 2.23. The summed E-state index contributed by atoms with van der Waals surface area (Å²) in [6.45, 7) is 4.02. The van der Waals surface area contributed by atoms with Crippen LogP contribution in [0.1, 0.15) is 25.0 Å². The highest BCUT2D eigenvalue weighted by atomic mass is 32.2. The number of carbonyl (C=O) groups excluding carboxylic acids is 1. The Morgan fingerprint density at radius 1 is 1.18 bits per heavy atom. The van der Waals surface area contributed by atoms with Crippen molar-refractivity contribution < 1.29 is 17.6 Å². The SMILES string of the molecule is CC(C)[C@H](N=C1NS(=O)(=O)c2ccccc21)C(=O)NCCc1cccc(F)c1. The molecule has 2 aromatic rings. The maximum atomic E-state index is 13.2. The minimum absolute atomic E-state index is 0.140. The van der Waals surface area contributed by atoms with Crippen LogP contribution in [0, 0.1) is 11.7 Å². The third-order valence-corrected chi connectivity index (χ3v) is 5.83. The number of sulfonamides is 1. The van der Waals surface area contributed by atoms with Gasteiger partial charge in [0, 0.05) is 12.1 Å². The predicted molar refractivity (Wildman–Crippen MR) is 105 cm³/mol. The van der Waals surface area contributed by atoms with Crippen molar-refractivity contribution in [3.8, 4) is 0 Å². The Bertz CT molecular complexity index is 1020. The van der Waals surface area contributed by atoms with Crippen molar-refractivity contribution in [1.29, 1.82) is 0 Å². The van der Waals surface area contributed by atoms with E-state index in [0.29, 0.717) is 18.5 Å². The Morgan fingerprint density at radius 3 is 2.64 bits per heavy atom. The molecule has 0 saturated carbocycles. The van der Waals surface area contributed by atoms with Gasteiger partial charge in [0.05, 0.1) is 4.90 Å². The van der Waals surface area contributed by atoms with Gasteiger partial charge in [0.25, 0.3) is 10.0 Å². The molecular weight excluding hydrogens is 381 g/mol. The quantitative estimate of drug-likeness (QED) is 0.776. The lowest BCUT2D eigenvalue weighted by molar-refractivity contribution is -0.123. The fourth-order valence-corrected chi connectivity index (χ4v) is 4.25. The highest BCUT2D eigenvalue weighted by molar-refractivity contribution is 7.90. The van der Waals surface area contributed by atoms with Crippen LogP contribution in [0.4, 0.5) is 4.39 Å². The van der Waals surface area contributed by atoms with Crippen LogP contribution in [0.3, 0.4) is 0 Å². The fourth-order valence-electron chi connectivity index (χ4n) is 3.01. The Hall–Kier alpha value is -2.74. The smallest absolute Gasteiger partial charge is 0.263 e. The molecule has 1 heterocycles. The molecule has 0 radical (unpaired) electrons. The van der Waals surface area contributed by atoms with Gasteiger partial charge < -0.3 is 5.32 Å². The van der Waals surface area contributed by atoms with E-state index in [4.69, 9.17) is 0 Å². The lowest BCUT2D eigenvalue weighted by atomic mass is 10.0. The van der Waals surface area contributed by atoms with E-state index in [-0.39, 0.29) is 28.4 Å². The van der Waals surface area contributed by atoms with E-state index in [9.17, 15) is 17.6 Å². The van der Waals surface area contributed by atoms with Gasteiger partial charge in [-0.3, -0.25) is 14.5 Å². The van der Waals surface area contributed by atoms with Gasteiger partial charge in [0.15, 0.2) is 0 Å². The van der Waals surface area contributed by atoms with E-state index in [1.54, 1.807) is 30.3 Å². The number of hydrogen-bond donors (Lipinski definition) is 2. The molecule has 2 aromatic carbocycles. The Kier molecular flexibility index (Phi) is 5.79. The second-order valence-corrected chi connectivity index (χ2v) is 8.59. The third-order valence-electron chi connectivity index (χ3n) is 4.43. The second-order valence-electron chi connectivity index (χ2n) is 6.94. The predicted octanol–water partition coefficient (Wildman–Crippen LogP) is 2.25. The first-order chi connectivity index (χ1) is 13.3. The number of nitrogens with zero attached hydrogens (tertiary/aromatic N) is 1. The number of halogens is 1. The van der Waals surface area contributed by atoms with Crippen LogP contribution in [0.15, 0.2) is 58.4 Å². The molecule has 0 unspecified atom stereocenters. The normalized spacial score (nSPS) is 17.2. The molecule has 6 nitrogen and oxygen atoms in total. The van der Waals surface area contributed by atoms with E-state index < -0.39 is 16.1 Å². The minimum atomic E-state index is -3.66. The van der Waals surface area contributed by atoms with Crippen LogP contribution in [0.2, 0.25) is 0 Å². The Labute approximate surface area is 163 Å². The monoisotopic (exact) mass is 403 g/mol. The number of fused-ring (bicyclic) bond motifs is 1. The number of hydrogen-bond acceptors (Lipinski definition) is 4. The molecule has 148 valence electrons. The largest absolute Gasteiger partial charge is 0.354 e. The van der Waals surface area contributed by atoms with Gasteiger partial charge >= 0.3 is 0 Å². The Balaban J connectivity index is 1.73. The minimum Gasteiger partial charge on any atom is -0.354 e. The zero-order valence-electron chi connectivity index (χ0n) is 15.6. The molecule has 0 fully saturated rings. The molecule has 3 rings (SSSR count). The van der Waals surface area contributed by atoms with E-state index >= 15 is 0 Å². The summed E-state index contributed by atoms with van der Waals surface area (Å²) in [4.78, 5) is 17.2. The molecule has 1 aliphatic rings. The molecule has 2 N–H and O–H groups in total. The van der Waals surface area contributed by atoms with Crippen LogP contribution in [-0.4, -0.2) is 32.7 Å². The van der Waals surface area contributed by atoms with Crippen molar-refractivity contribution in [1.82, 2.24) is 10.0 Å². The molecule has 8 heteroatoms. The highest BCUT2D eigenvalue weighted by Gasteiger charge is 2.32. The van der Waals surface area contributed by atoms with Crippen molar-refractivity contribution in [3.05, 3.63) is 65.5 Å².